The molecule has 0 N–H and O–H groups in total. The van der Waals surface area contributed by atoms with Gasteiger partial charge in [0.25, 0.3) is 0 Å². The van der Waals surface area contributed by atoms with Crippen molar-refractivity contribution >= 4 is 99.2 Å². The van der Waals surface area contributed by atoms with Gasteiger partial charge in [0.05, 0.1) is 11.4 Å². The highest BCUT2D eigenvalue weighted by molar-refractivity contribution is 6.23. The highest BCUT2D eigenvalue weighted by atomic mass is 16.5. The molecular weight excluding hydrogens is 901 g/mol. The molecule has 0 bridgehead atoms. The molecular formula is C70H46N2O2. The van der Waals surface area contributed by atoms with Crippen LogP contribution in [0.4, 0.5) is 34.1 Å². The van der Waals surface area contributed by atoms with Crippen molar-refractivity contribution in [3.05, 3.63) is 273 Å². The molecule has 2 heterocycles. The number of benzene rings is 12. The van der Waals surface area contributed by atoms with Crippen LogP contribution in [0.1, 0.15) is 11.5 Å². The number of furan rings is 1. The van der Waals surface area contributed by atoms with Gasteiger partial charge in [-0.05, 0) is 150 Å². The number of ether oxygens (including phenoxy) is 1. The van der Waals surface area contributed by atoms with Gasteiger partial charge < -0.3 is 19.0 Å². The van der Waals surface area contributed by atoms with E-state index in [1.54, 1.807) is 0 Å². The summed E-state index contributed by atoms with van der Waals surface area (Å²) in [6.45, 7) is 0. The summed E-state index contributed by atoms with van der Waals surface area (Å²) in [7, 11) is 0. The Bertz CT molecular complexity index is 4440. The summed E-state index contributed by atoms with van der Waals surface area (Å²) < 4.78 is 13.7. The first kappa shape index (κ1) is 42.1. The topological polar surface area (TPSA) is 28.9 Å². The zero-order valence-corrected chi connectivity index (χ0v) is 40.3. The fraction of sp³-hybridized carbons (Fsp3) is 0.0286. The van der Waals surface area contributed by atoms with E-state index in [-0.39, 0.29) is 12.0 Å². The van der Waals surface area contributed by atoms with E-state index in [1.807, 2.05) is 6.07 Å². The Balaban J connectivity index is 1.04. The minimum atomic E-state index is -0.0462. The molecule has 0 spiro atoms. The molecule has 0 amide bonds. The second-order valence-corrected chi connectivity index (χ2v) is 19.5. The van der Waals surface area contributed by atoms with Gasteiger partial charge in [0.15, 0.2) is 5.58 Å². The normalized spacial score (nSPS) is 14.8. The zero-order valence-electron chi connectivity index (χ0n) is 40.3. The lowest BCUT2D eigenvalue weighted by molar-refractivity contribution is 0.269. The van der Waals surface area contributed by atoms with Crippen LogP contribution in [0.15, 0.2) is 271 Å². The highest BCUT2D eigenvalue weighted by Gasteiger charge is 2.35. The number of allylic oxidation sites excluding steroid dienone is 2. The number of hydrogen-bond acceptors (Lipinski definition) is 4. The van der Waals surface area contributed by atoms with Gasteiger partial charge in [0.2, 0.25) is 0 Å². The molecule has 1 aromatic heterocycles. The van der Waals surface area contributed by atoms with E-state index in [0.29, 0.717) is 0 Å². The molecule has 2 aliphatic rings. The standard InChI is InChI=1S/C70H46N2O2/c1-3-21-51(22-4-1)71(63-29-15-27-59-55-25-11-13-31-65(55)73-69(59)63)53-37-39-57-61(43-53)67(49-35-33-45-17-7-9-19-47(45)41-49)58-40-38-54(44-62(58)68(57)50-36-34-46-18-8-10-20-48(46)42-50)72(52-23-5-2-6-24-52)64-30-16-28-60-56-26-12-14-32-66(56)74-70(60)64/h1-44,55,65H. The third kappa shape index (κ3) is 6.76. The molecule has 348 valence electrons. The largest absolute Gasteiger partial charge is 0.483 e. The molecule has 1 aliphatic carbocycles. The first-order valence-corrected chi connectivity index (χ1v) is 25.5. The van der Waals surface area contributed by atoms with Crippen molar-refractivity contribution in [3.63, 3.8) is 0 Å². The Labute approximate surface area is 428 Å². The quantitative estimate of drug-likeness (QED) is 0.142. The minimum absolute atomic E-state index is 0.0462. The molecule has 0 radical (unpaired) electrons. The van der Waals surface area contributed by atoms with Gasteiger partial charge >= 0.3 is 0 Å². The van der Waals surface area contributed by atoms with Gasteiger partial charge in [-0.1, -0.05) is 182 Å². The Hall–Kier alpha value is -9.64. The van der Waals surface area contributed by atoms with Gasteiger partial charge in [0, 0.05) is 45.0 Å². The van der Waals surface area contributed by atoms with Crippen LogP contribution in [0.25, 0.3) is 87.3 Å². The number of fused-ring (bicyclic) bond motifs is 10. The molecule has 2 atom stereocenters. The van der Waals surface area contributed by atoms with Crippen LogP contribution in [0.3, 0.4) is 0 Å². The highest BCUT2D eigenvalue weighted by Crippen LogP contribution is 2.53. The van der Waals surface area contributed by atoms with Crippen LogP contribution in [-0.2, 0) is 0 Å². The number of rotatable bonds is 8. The molecule has 15 rings (SSSR count). The van der Waals surface area contributed by atoms with Gasteiger partial charge in [-0.3, -0.25) is 0 Å². The van der Waals surface area contributed by atoms with Gasteiger partial charge in [-0.25, -0.2) is 0 Å². The SMILES string of the molecule is C1=CC2Oc3c(cccc3N(c3ccccc3)c3ccc4c(-c5ccc6ccccc6c5)c5cc(N(c6ccccc6)c6cccc7c6oc6ccccc67)ccc5c(-c5ccc6ccccc6c5)c4c3)C2C=C1. The van der Waals surface area contributed by atoms with Crippen molar-refractivity contribution in [2.45, 2.75) is 12.0 Å². The summed E-state index contributed by atoms with van der Waals surface area (Å²) in [5, 5.41) is 11.6. The lowest BCUT2D eigenvalue weighted by Gasteiger charge is -2.29. The van der Waals surface area contributed by atoms with Crippen molar-refractivity contribution in [3.8, 4) is 28.0 Å². The first-order valence-electron chi connectivity index (χ1n) is 25.5. The summed E-state index contributed by atoms with van der Waals surface area (Å²) in [6, 6.07) is 88.2. The van der Waals surface area contributed by atoms with E-state index in [0.717, 1.165) is 94.5 Å². The lowest BCUT2D eigenvalue weighted by atomic mass is 9.84. The van der Waals surface area contributed by atoms with E-state index in [4.69, 9.17) is 9.15 Å². The summed E-state index contributed by atoms with van der Waals surface area (Å²) in [5.41, 5.74) is 13.7. The molecule has 12 aromatic carbocycles. The third-order valence-electron chi connectivity index (χ3n) is 15.3. The minimum Gasteiger partial charge on any atom is -0.483 e. The van der Waals surface area contributed by atoms with Gasteiger partial charge in [-0.15, -0.1) is 0 Å². The molecule has 1 aliphatic heterocycles. The van der Waals surface area contributed by atoms with Crippen molar-refractivity contribution in [2.75, 3.05) is 9.80 Å². The smallest absolute Gasteiger partial charge is 0.159 e. The average molecular weight is 947 g/mol. The summed E-state index contributed by atoms with van der Waals surface area (Å²) in [5.74, 6) is 1.08. The predicted molar refractivity (Wildman–Crippen MR) is 309 cm³/mol. The maximum absolute atomic E-state index is 6.90. The second kappa shape index (κ2) is 17.0. The Morgan fingerprint density at radius 3 is 1.51 bits per heavy atom. The molecule has 4 heteroatoms. The van der Waals surface area contributed by atoms with Crippen molar-refractivity contribution in [2.24, 2.45) is 0 Å². The van der Waals surface area contributed by atoms with Gasteiger partial charge in [-0.2, -0.15) is 0 Å². The summed E-state index contributed by atoms with van der Waals surface area (Å²) in [4.78, 5) is 4.74. The van der Waals surface area contributed by atoms with Gasteiger partial charge in [0.1, 0.15) is 17.4 Å². The fourth-order valence-corrected chi connectivity index (χ4v) is 11.9. The van der Waals surface area contributed by atoms with E-state index in [2.05, 4.69) is 271 Å². The Kier molecular flexibility index (Phi) is 9.67. The summed E-state index contributed by atoms with van der Waals surface area (Å²) in [6.07, 6.45) is 8.63. The van der Waals surface area contributed by atoms with Crippen LogP contribution in [0, 0.1) is 0 Å². The molecule has 13 aromatic rings. The van der Waals surface area contributed by atoms with Crippen molar-refractivity contribution in [1.82, 2.24) is 0 Å². The number of para-hydroxylation sites is 5. The third-order valence-corrected chi connectivity index (χ3v) is 15.3. The number of nitrogens with zero attached hydrogens (tertiary/aromatic N) is 2. The molecule has 0 fully saturated rings. The second-order valence-electron chi connectivity index (χ2n) is 19.5. The van der Waals surface area contributed by atoms with E-state index in [1.165, 1.54) is 38.2 Å². The molecule has 0 saturated heterocycles. The van der Waals surface area contributed by atoms with Crippen LogP contribution < -0.4 is 14.5 Å². The Morgan fingerprint density at radius 1 is 0.338 bits per heavy atom. The van der Waals surface area contributed by atoms with E-state index >= 15 is 0 Å². The van der Waals surface area contributed by atoms with Crippen LogP contribution in [0.2, 0.25) is 0 Å². The number of anilines is 6. The van der Waals surface area contributed by atoms with Crippen LogP contribution in [0.5, 0.6) is 5.75 Å². The maximum Gasteiger partial charge on any atom is 0.159 e. The summed E-state index contributed by atoms with van der Waals surface area (Å²) >= 11 is 0. The van der Waals surface area contributed by atoms with Crippen molar-refractivity contribution < 1.29 is 9.15 Å². The molecule has 74 heavy (non-hydrogen) atoms. The van der Waals surface area contributed by atoms with E-state index < -0.39 is 0 Å². The maximum atomic E-state index is 6.90. The van der Waals surface area contributed by atoms with Crippen molar-refractivity contribution in [1.29, 1.82) is 0 Å². The molecule has 2 unspecified atom stereocenters. The lowest BCUT2D eigenvalue weighted by Crippen LogP contribution is -2.16. The average Bonchev–Trinajstić information content (AvgIpc) is 4.05. The fourth-order valence-electron chi connectivity index (χ4n) is 11.9. The van der Waals surface area contributed by atoms with E-state index in [9.17, 15) is 0 Å². The van der Waals surface area contributed by atoms with Crippen LogP contribution >= 0.6 is 0 Å². The predicted octanol–water partition coefficient (Wildman–Crippen LogP) is 19.4. The first-order chi connectivity index (χ1) is 36.7. The molecule has 4 nitrogen and oxygen atoms in total. The monoisotopic (exact) mass is 946 g/mol. The zero-order chi connectivity index (χ0) is 48.7. The van der Waals surface area contributed by atoms with Crippen LogP contribution in [-0.4, -0.2) is 6.10 Å². The number of hydrogen-bond donors (Lipinski definition) is 0. The molecule has 0 saturated carbocycles. The Morgan fingerprint density at radius 2 is 0.865 bits per heavy atom.